The Kier molecular flexibility index (Phi) is 4.91. The predicted molar refractivity (Wildman–Crippen MR) is 120 cm³/mol. The van der Waals surface area contributed by atoms with Gasteiger partial charge in [0.05, 0.1) is 34.9 Å². The Labute approximate surface area is 179 Å². The second kappa shape index (κ2) is 7.88. The van der Waals surface area contributed by atoms with Gasteiger partial charge in [-0.05, 0) is 37.1 Å². The highest BCUT2D eigenvalue weighted by Crippen LogP contribution is 2.32. The number of piperidine rings is 1. The van der Waals surface area contributed by atoms with E-state index >= 15 is 0 Å². The van der Waals surface area contributed by atoms with Crippen molar-refractivity contribution in [2.24, 2.45) is 5.73 Å². The average molecular weight is 415 g/mol. The first kappa shape index (κ1) is 19.3. The van der Waals surface area contributed by atoms with Gasteiger partial charge in [0, 0.05) is 36.4 Å². The average Bonchev–Trinajstić information content (AvgIpc) is 2.79. The molecule has 0 saturated carbocycles. The van der Waals surface area contributed by atoms with Crippen molar-refractivity contribution in [1.29, 1.82) is 0 Å². The van der Waals surface area contributed by atoms with Gasteiger partial charge in [-0.15, -0.1) is 0 Å². The van der Waals surface area contributed by atoms with Gasteiger partial charge in [-0.25, -0.2) is 14.4 Å². The van der Waals surface area contributed by atoms with Crippen LogP contribution in [0.2, 0.25) is 0 Å². The fourth-order valence-electron chi connectivity index (χ4n) is 4.04. The van der Waals surface area contributed by atoms with E-state index in [4.69, 9.17) is 11.5 Å². The number of benzene rings is 1. The summed E-state index contributed by atoms with van der Waals surface area (Å²) in [4.78, 5) is 20.0. The Morgan fingerprint density at radius 3 is 2.77 bits per heavy atom. The first-order valence-electron chi connectivity index (χ1n) is 10.2. The molecule has 5 rings (SSSR count). The molecule has 4 heterocycles. The molecule has 7 nitrogen and oxygen atoms in total. The van der Waals surface area contributed by atoms with Crippen LogP contribution in [0.1, 0.15) is 12.8 Å². The molecule has 1 fully saturated rings. The first-order valence-corrected chi connectivity index (χ1v) is 10.2. The van der Waals surface area contributed by atoms with Crippen LogP contribution in [0.25, 0.3) is 33.7 Å². The standard InChI is InChI=1S/C23H22FN7/c24-17-6-2-1-5-15(17)23-29-11-18(26)22(30-23)19-10-16-20(12-28-19)27-8-7-21(16)31-9-3-4-14(25)13-31/h1-2,5-8,10-12,14H,3-4,9,13,25-26H2/t14-/m0/s1. The van der Waals surface area contributed by atoms with Gasteiger partial charge in [-0.2, -0.15) is 0 Å². The molecule has 8 heteroatoms. The van der Waals surface area contributed by atoms with Crippen LogP contribution in [0, 0.1) is 5.82 Å². The first-order chi connectivity index (χ1) is 15.1. The number of hydrogen-bond acceptors (Lipinski definition) is 7. The van der Waals surface area contributed by atoms with Crippen molar-refractivity contribution in [2.75, 3.05) is 23.7 Å². The molecule has 1 aliphatic rings. The number of nitrogens with zero attached hydrogens (tertiary/aromatic N) is 5. The second-order valence-electron chi connectivity index (χ2n) is 7.74. The lowest BCUT2D eigenvalue weighted by molar-refractivity contribution is 0.507. The van der Waals surface area contributed by atoms with Crippen molar-refractivity contribution in [1.82, 2.24) is 19.9 Å². The Balaban J connectivity index is 1.62. The highest BCUT2D eigenvalue weighted by atomic mass is 19.1. The molecule has 1 saturated heterocycles. The van der Waals surface area contributed by atoms with Gasteiger partial charge in [0.1, 0.15) is 11.5 Å². The third-order valence-corrected chi connectivity index (χ3v) is 5.58. The largest absolute Gasteiger partial charge is 0.396 e. The molecule has 3 aromatic heterocycles. The zero-order valence-electron chi connectivity index (χ0n) is 16.9. The van der Waals surface area contributed by atoms with Gasteiger partial charge < -0.3 is 16.4 Å². The van der Waals surface area contributed by atoms with E-state index in [1.54, 1.807) is 30.6 Å². The smallest absolute Gasteiger partial charge is 0.162 e. The molecule has 156 valence electrons. The van der Waals surface area contributed by atoms with Crippen LogP contribution in [0.4, 0.5) is 15.8 Å². The van der Waals surface area contributed by atoms with E-state index < -0.39 is 5.82 Å². The zero-order valence-corrected chi connectivity index (χ0v) is 16.9. The fourth-order valence-corrected chi connectivity index (χ4v) is 4.04. The quantitative estimate of drug-likeness (QED) is 0.528. The van der Waals surface area contributed by atoms with Crippen molar-refractivity contribution in [2.45, 2.75) is 18.9 Å². The highest BCUT2D eigenvalue weighted by Gasteiger charge is 2.20. The molecular formula is C23H22FN7. The molecule has 31 heavy (non-hydrogen) atoms. The zero-order chi connectivity index (χ0) is 21.4. The molecule has 4 N–H and O–H groups in total. The number of fused-ring (bicyclic) bond motifs is 1. The van der Waals surface area contributed by atoms with Crippen molar-refractivity contribution in [3.63, 3.8) is 0 Å². The Bertz CT molecular complexity index is 1260. The Morgan fingerprint density at radius 2 is 1.94 bits per heavy atom. The number of nitrogen functional groups attached to an aromatic ring is 1. The number of pyridine rings is 2. The molecule has 0 bridgehead atoms. The van der Waals surface area contributed by atoms with Crippen molar-refractivity contribution in [3.8, 4) is 22.8 Å². The lowest BCUT2D eigenvalue weighted by atomic mass is 10.0. The second-order valence-corrected chi connectivity index (χ2v) is 7.74. The normalized spacial score (nSPS) is 16.6. The maximum absolute atomic E-state index is 14.3. The molecule has 0 radical (unpaired) electrons. The van der Waals surface area contributed by atoms with Gasteiger partial charge in [0.25, 0.3) is 0 Å². The van der Waals surface area contributed by atoms with Crippen molar-refractivity contribution >= 4 is 22.3 Å². The Morgan fingerprint density at radius 1 is 1.06 bits per heavy atom. The summed E-state index contributed by atoms with van der Waals surface area (Å²) in [5.74, 6) is -0.129. The van der Waals surface area contributed by atoms with Crippen LogP contribution >= 0.6 is 0 Å². The number of hydrogen-bond donors (Lipinski definition) is 2. The summed E-state index contributed by atoms with van der Waals surface area (Å²) in [5, 5.41) is 0.951. The van der Waals surface area contributed by atoms with E-state index in [2.05, 4.69) is 24.8 Å². The molecule has 1 aromatic carbocycles. The van der Waals surface area contributed by atoms with E-state index in [1.807, 2.05) is 12.1 Å². The van der Waals surface area contributed by atoms with Gasteiger partial charge >= 0.3 is 0 Å². The molecule has 0 amide bonds. The SMILES string of the molecule is Nc1cnc(-c2ccccc2F)nc1-c1cc2c(N3CCC[C@H](N)C3)ccnc2cn1. The number of anilines is 2. The van der Waals surface area contributed by atoms with Crippen LogP contribution in [0.15, 0.2) is 55.0 Å². The summed E-state index contributed by atoms with van der Waals surface area (Å²) in [6.07, 6.45) is 7.07. The third-order valence-electron chi connectivity index (χ3n) is 5.58. The predicted octanol–water partition coefficient (Wildman–Crippen LogP) is 3.40. The van der Waals surface area contributed by atoms with E-state index in [0.717, 1.165) is 42.5 Å². The van der Waals surface area contributed by atoms with Gasteiger partial charge in [-0.3, -0.25) is 9.97 Å². The summed E-state index contributed by atoms with van der Waals surface area (Å²) >= 11 is 0. The summed E-state index contributed by atoms with van der Waals surface area (Å²) in [6, 6.07) is 10.5. The minimum atomic E-state index is -0.391. The molecular weight excluding hydrogens is 393 g/mol. The summed E-state index contributed by atoms with van der Waals surface area (Å²) < 4.78 is 14.3. The van der Waals surface area contributed by atoms with Gasteiger partial charge in [-0.1, -0.05) is 12.1 Å². The van der Waals surface area contributed by atoms with Gasteiger partial charge in [0.15, 0.2) is 5.82 Å². The monoisotopic (exact) mass is 415 g/mol. The summed E-state index contributed by atoms with van der Waals surface area (Å²) in [5.41, 5.74) is 15.9. The lowest BCUT2D eigenvalue weighted by Crippen LogP contribution is -2.42. The maximum Gasteiger partial charge on any atom is 0.162 e. The molecule has 0 unspecified atom stereocenters. The van der Waals surface area contributed by atoms with Crippen LogP contribution in [0.3, 0.4) is 0 Å². The minimum absolute atomic E-state index is 0.152. The minimum Gasteiger partial charge on any atom is -0.396 e. The van der Waals surface area contributed by atoms with Crippen LogP contribution < -0.4 is 16.4 Å². The maximum atomic E-state index is 14.3. The van der Waals surface area contributed by atoms with E-state index in [9.17, 15) is 4.39 Å². The van der Waals surface area contributed by atoms with E-state index in [1.165, 1.54) is 12.3 Å². The van der Waals surface area contributed by atoms with Gasteiger partial charge in [0.2, 0.25) is 0 Å². The lowest BCUT2D eigenvalue weighted by Gasteiger charge is -2.33. The van der Waals surface area contributed by atoms with Crippen LogP contribution in [-0.4, -0.2) is 39.1 Å². The van der Waals surface area contributed by atoms with Crippen molar-refractivity contribution < 1.29 is 4.39 Å². The topological polar surface area (TPSA) is 107 Å². The van der Waals surface area contributed by atoms with Crippen molar-refractivity contribution in [3.05, 3.63) is 60.8 Å². The molecule has 4 aromatic rings. The highest BCUT2D eigenvalue weighted by molar-refractivity contribution is 5.94. The van der Waals surface area contributed by atoms with Crippen LogP contribution in [-0.2, 0) is 0 Å². The number of rotatable bonds is 3. The fraction of sp³-hybridized carbons (Fsp3) is 0.217. The molecule has 0 aliphatic carbocycles. The van der Waals surface area contributed by atoms with E-state index in [0.29, 0.717) is 22.6 Å². The number of nitrogens with two attached hydrogens (primary N) is 2. The van der Waals surface area contributed by atoms with Crippen LogP contribution in [0.5, 0.6) is 0 Å². The molecule has 0 spiro atoms. The number of aromatic nitrogens is 4. The summed E-state index contributed by atoms with van der Waals surface area (Å²) in [7, 11) is 0. The third kappa shape index (κ3) is 3.66. The summed E-state index contributed by atoms with van der Waals surface area (Å²) in [6.45, 7) is 1.74. The Hall–Kier alpha value is -3.65. The number of halogens is 1. The van der Waals surface area contributed by atoms with E-state index in [-0.39, 0.29) is 11.9 Å². The molecule has 1 aliphatic heterocycles. The molecule has 1 atom stereocenters.